The first-order valence-corrected chi connectivity index (χ1v) is 8.89. The zero-order chi connectivity index (χ0) is 19.9. The van der Waals surface area contributed by atoms with Gasteiger partial charge < -0.3 is 0 Å². The van der Waals surface area contributed by atoms with Gasteiger partial charge in [0.15, 0.2) is 5.65 Å². The van der Waals surface area contributed by atoms with Crippen molar-refractivity contribution in [3.05, 3.63) is 76.7 Å². The van der Waals surface area contributed by atoms with Gasteiger partial charge in [0.2, 0.25) is 0 Å². The van der Waals surface area contributed by atoms with Crippen molar-refractivity contribution >= 4 is 16.9 Å². The molecule has 0 aliphatic rings. The van der Waals surface area contributed by atoms with Crippen LogP contribution in [-0.2, 0) is 5.41 Å². The van der Waals surface area contributed by atoms with Crippen molar-refractivity contribution in [1.82, 2.24) is 19.5 Å². The molecule has 7 nitrogen and oxygen atoms in total. The second-order valence-electron chi connectivity index (χ2n) is 7.61. The van der Waals surface area contributed by atoms with E-state index in [2.05, 4.69) is 47.9 Å². The fourth-order valence-corrected chi connectivity index (χ4v) is 3.10. The number of rotatable bonds is 3. The molecule has 0 spiro atoms. The minimum absolute atomic E-state index is 0.0208. The molecule has 140 valence electrons. The van der Waals surface area contributed by atoms with Crippen LogP contribution in [-0.4, -0.2) is 24.4 Å². The Bertz CT molecular complexity index is 1180. The van der Waals surface area contributed by atoms with Crippen LogP contribution in [0.2, 0.25) is 0 Å². The lowest BCUT2D eigenvalue weighted by Crippen LogP contribution is -2.11. The Morgan fingerprint density at radius 1 is 1.07 bits per heavy atom. The summed E-state index contributed by atoms with van der Waals surface area (Å²) in [7, 11) is 0. The molecule has 0 unspecified atom stereocenters. The van der Waals surface area contributed by atoms with Crippen LogP contribution in [0.5, 0.6) is 0 Å². The van der Waals surface area contributed by atoms with Gasteiger partial charge in [-0.2, -0.15) is 0 Å². The SMILES string of the molecule is CC(C)(C)c1cccc(-n2c(-c3cccnc3)nc3cc([N+](=O)[O-])cnc32)c1. The van der Waals surface area contributed by atoms with Gasteiger partial charge in [-0.05, 0) is 35.2 Å². The summed E-state index contributed by atoms with van der Waals surface area (Å²) in [5.41, 5.74) is 3.81. The molecule has 0 aliphatic heterocycles. The van der Waals surface area contributed by atoms with E-state index in [0.717, 1.165) is 11.3 Å². The van der Waals surface area contributed by atoms with Crippen molar-refractivity contribution in [1.29, 1.82) is 0 Å². The standard InChI is InChI=1S/C21H19N5O2/c1-21(2,3)15-7-4-8-16(10-15)25-19(14-6-5-9-22-12-14)24-18-11-17(26(27)28)13-23-20(18)25/h4-13H,1-3H3. The summed E-state index contributed by atoms with van der Waals surface area (Å²) in [4.78, 5) is 23.9. The highest BCUT2D eigenvalue weighted by atomic mass is 16.6. The summed E-state index contributed by atoms with van der Waals surface area (Å²) in [6.07, 6.45) is 4.68. The molecular formula is C21H19N5O2. The predicted molar refractivity (Wildman–Crippen MR) is 107 cm³/mol. The lowest BCUT2D eigenvalue weighted by molar-refractivity contribution is -0.385. The second-order valence-corrected chi connectivity index (χ2v) is 7.61. The second kappa shape index (κ2) is 6.53. The van der Waals surface area contributed by atoms with Gasteiger partial charge in [-0.25, -0.2) is 9.97 Å². The van der Waals surface area contributed by atoms with Crippen LogP contribution < -0.4 is 0 Å². The van der Waals surface area contributed by atoms with Crippen molar-refractivity contribution in [2.75, 3.05) is 0 Å². The molecule has 0 N–H and O–H groups in total. The van der Waals surface area contributed by atoms with Crippen molar-refractivity contribution in [3.63, 3.8) is 0 Å². The minimum Gasteiger partial charge on any atom is -0.277 e. The average Bonchev–Trinajstić information content (AvgIpc) is 3.07. The fourth-order valence-electron chi connectivity index (χ4n) is 3.10. The Morgan fingerprint density at radius 3 is 2.57 bits per heavy atom. The molecule has 1 aromatic carbocycles. The normalized spacial score (nSPS) is 11.7. The van der Waals surface area contributed by atoms with E-state index in [1.165, 1.54) is 17.8 Å². The Kier molecular flexibility index (Phi) is 4.15. The van der Waals surface area contributed by atoms with E-state index in [9.17, 15) is 10.1 Å². The quantitative estimate of drug-likeness (QED) is 0.384. The van der Waals surface area contributed by atoms with E-state index >= 15 is 0 Å². The van der Waals surface area contributed by atoms with Crippen LogP contribution in [0.3, 0.4) is 0 Å². The third-order valence-electron chi connectivity index (χ3n) is 4.58. The first-order valence-electron chi connectivity index (χ1n) is 8.89. The average molecular weight is 373 g/mol. The topological polar surface area (TPSA) is 86.7 Å². The Hall–Kier alpha value is -3.61. The lowest BCUT2D eigenvalue weighted by Gasteiger charge is -2.20. The van der Waals surface area contributed by atoms with E-state index in [1.807, 2.05) is 28.8 Å². The van der Waals surface area contributed by atoms with Crippen LogP contribution in [0.1, 0.15) is 26.3 Å². The van der Waals surface area contributed by atoms with Crippen LogP contribution in [0.15, 0.2) is 61.1 Å². The van der Waals surface area contributed by atoms with Gasteiger partial charge in [0.05, 0.1) is 4.92 Å². The monoisotopic (exact) mass is 373 g/mol. The van der Waals surface area contributed by atoms with Crippen LogP contribution in [0, 0.1) is 10.1 Å². The molecule has 0 amide bonds. The minimum atomic E-state index is -0.463. The molecule has 0 saturated heterocycles. The number of imidazole rings is 1. The highest BCUT2D eigenvalue weighted by Gasteiger charge is 2.20. The molecule has 0 fully saturated rings. The molecule has 0 atom stereocenters. The van der Waals surface area contributed by atoms with Gasteiger partial charge in [0.1, 0.15) is 17.5 Å². The predicted octanol–water partition coefficient (Wildman–Crippen LogP) is 4.69. The molecule has 4 aromatic rings. The van der Waals surface area contributed by atoms with Crippen LogP contribution in [0.4, 0.5) is 5.69 Å². The molecule has 0 radical (unpaired) electrons. The first kappa shape index (κ1) is 17.8. The van der Waals surface area contributed by atoms with Gasteiger partial charge in [-0.15, -0.1) is 0 Å². The first-order chi connectivity index (χ1) is 13.3. The van der Waals surface area contributed by atoms with E-state index < -0.39 is 4.92 Å². The molecule has 0 bridgehead atoms. The van der Waals surface area contributed by atoms with Crippen molar-refractivity contribution in [3.8, 4) is 17.1 Å². The zero-order valence-corrected chi connectivity index (χ0v) is 15.8. The van der Waals surface area contributed by atoms with Gasteiger partial charge in [-0.1, -0.05) is 32.9 Å². The van der Waals surface area contributed by atoms with Crippen molar-refractivity contribution in [2.45, 2.75) is 26.2 Å². The molecule has 28 heavy (non-hydrogen) atoms. The van der Waals surface area contributed by atoms with Gasteiger partial charge >= 0.3 is 0 Å². The maximum absolute atomic E-state index is 11.2. The lowest BCUT2D eigenvalue weighted by atomic mass is 9.87. The number of pyridine rings is 2. The maximum atomic E-state index is 11.2. The molecule has 3 aromatic heterocycles. The number of nitrogens with zero attached hydrogens (tertiary/aromatic N) is 5. The summed E-state index contributed by atoms with van der Waals surface area (Å²) in [6, 6.07) is 13.4. The number of benzene rings is 1. The third kappa shape index (κ3) is 3.11. The largest absolute Gasteiger partial charge is 0.289 e. The molecule has 3 heterocycles. The highest BCUT2D eigenvalue weighted by molar-refractivity contribution is 5.81. The van der Waals surface area contributed by atoms with Crippen LogP contribution >= 0.6 is 0 Å². The molecule has 0 saturated carbocycles. The molecular weight excluding hydrogens is 354 g/mol. The number of hydrogen-bond acceptors (Lipinski definition) is 5. The fraction of sp³-hybridized carbons (Fsp3) is 0.190. The summed E-state index contributed by atoms with van der Waals surface area (Å²) >= 11 is 0. The van der Waals surface area contributed by atoms with Gasteiger partial charge in [0, 0.05) is 29.7 Å². The summed E-state index contributed by atoms with van der Waals surface area (Å²) in [5, 5.41) is 11.2. The highest BCUT2D eigenvalue weighted by Crippen LogP contribution is 2.31. The Labute approximate surface area is 161 Å². The number of nitro groups is 1. The van der Waals surface area contributed by atoms with Gasteiger partial charge in [0.25, 0.3) is 5.69 Å². The maximum Gasteiger partial charge on any atom is 0.289 e. The van der Waals surface area contributed by atoms with E-state index in [0.29, 0.717) is 17.0 Å². The summed E-state index contributed by atoms with van der Waals surface area (Å²) in [6.45, 7) is 6.46. The molecule has 0 aliphatic carbocycles. The third-order valence-corrected chi connectivity index (χ3v) is 4.58. The summed E-state index contributed by atoms with van der Waals surface area (Å²) in [5.74, 6) is 0.641. The number of fused-ring (bicyclic) bond motifs is 1. The van der Waals surface area contributed by atoms with E-state index in [1.54, 1.807) is 12.4 Å². The Balaban J connectivity index is 2.02. The smallest absolute Gasteiger partial charge is 0.277 e. The van der Waals surface area contributed by atoms with E-state index in [-0.39, 0.29) is 11.1 Å². The Morgan fingerprint density at radius 2 is 1.89 bits per heavy atom. The van der Waals surface area contributed by atoms with E-state index in [4.69, 9.17) is 0 Å². The van der Waals surface area contributed by atoms with Crippen LogP contribution in [0.25, 0.3) is 28.2 Å². The van der Waals surface area contributed by atoms with Crippen molar-refractivity contribution < 1.29 is 4.92 Å². The molecule has 4 rings (SSSR count). The number of aromatic nitrogens is 4. The van der Waals surface area contributed by atoms with Crippen molar-refractivity contribution in [2.24, 2.45) is 0 Å². The van der Waals surface area contributed by atoms with Gasteiger partial charge in [-0.3, -0.25) is 19.7 Å². The number of hydrogen-bond donors (Lipinski definition) is 0. The zero-order valence-electron chi connectivity index (χ0n) is 15.8. The summed E-state index contributed by atoms with van der Waals surface area (Å²) < 4.78 is 1.92. The molecule has 7 heteroatoms.